The lowest BCUT2D eigenvalue weighted by Crippen LogP contribution is -1.93. The van der Waals surface area contributed by atoms with E-state index < -0.39 is 0 Å². The Bertz CT molecular complexity index is 823. The van der Waals surface area contributed by atoms with Crippen LogP contribution in [0.1, 0.15) is 11.1 Å². The van der Waals surface area contributed by atoms with Crippen molar-refractivity contribution >= 4 is 23.4 Å². The summed E-state index contributed by atoms with van der Waals surface area (Å²) in [6.45, 7) is 4.19. The van der Waals surface area contributed by atoms with Gasteiger partial charge in [-0.1, -0.05) is 29.8 Å². The molecule has 4 heteroatoms. The maximum atomic E-state index is 10.6. The lowest BCUT2D eigenvalue weighted by Gasteiger charge is -2.04. The van der Waals surface area contributed by atoms with E-state index in [2.05, 4.69) is 42.7 Å². The zero-order valence-electron chi connectivity index (χ0n) is 12.5. The molecule has 0 saturated carbocycles. The third-order valence-electron chi connectivity index (χ3n) is 3.51. The topological polar surface area (TPSA) is 42.0 Å². The number of carbonyl (C=O) groups excluding carboxylic acids is 1. The summed E-state index contributed by atoms with van der Waals surface area (Å²) in [5, 5.41) is 5.70. The first-order chi connectivity index (χ1) is 10.7. The van der Waals surface area contributed by atoms with Gasteiger partial charge in [0, 0.05) is 22.2 Å². The Morgan fingerprint density at radius 3 is 2.82 bits per heavy atom. The summed E-state index contributed by atoms with van der Waals surface area (Å²) in [4.78, 5) is 15.3. The number of rotatable bonds is 4. The second-order valence-corrected chi connectivity index (χ2v) is 6.06. The first-order valence-corrected chi connectivity index (χ1v) is 7.89. The maximum absolute atomic E-state index is 10.6. The molecule has 0 bridgehead atoms. The van der Waals surface area contributed by atoms with E-state index in [9.17, 15) is 4.79 Å². The smallest absolute Gasteiger partial charge is 0.211 e. The van der Waals surface area contributed by atoms with Gasteiger partial charge >= 0.3 is 0 Å². The summed E-state index contributed by atoms with van der Waals surface area (Å²) in [5.41, 5.74) is 6.40. The van der Waals surface area contributed by atoms with Crippen LogP contribution in [-0.4, -0.2) is 11.4 Å². The van der Waals surface area contributed by atoms with Crippen molar-refractivity contribution in [2.45, 2.75) is 13.8 Å². The zero-order chi connectivity index (χ0) is 15.5. The summed E-state index contributed by atoms with van der Waals surface area (Å²) in [6, 6.07) is 14.1. The number of thiazole rings is 1. The van der Waals surface area contributed by atoms with Crippen molar-refractivity contribution in [2.75, 3.05) is 5.32 Å². The van der Waals surface area contributed by atoms with E-state index in [1.54, 1.807) is 11.3 Å². The van der Waals surface area contributed by atoms with Crippen LogP contribution in [-0.2, 0) is 4.79 Å². The number of nitrogens with zero attached hydrogens (tertiary/aromatic N) is 1. The average molecular weight is 308 g/mol. The zero-order valence-corrected chi connectivity index (χ0v) is 13.3. The third kappa shape index (κ3) is 2.92. The molecule has 110 valence electrons. The highest BCUT2D eigenvalue weighted by atomic mass is 32.1. The molecule has 0 unspecified atom stereocenters. The third-order valence-corrected chi connectivity index (χ3v) is 4.40. The van der Waals surface area contributed by atoms with Crippen molar-refractivity contribution in [1.82, 2.24) is 4.98 Å². The molecular weight excluding hydrogens is 292 g/mol. The molecule has 3 nitrogen and oxygen atoms in total. The molecule has 0 aliphatic carbocycles. The summed E-state index contributed by atoms with van der Waals surface area (Å²) in [6.07, 6.45) is 0.683. The van der Waals surface area contributed by atoms with Gasteiger partial charge in [0.15, 0.2) is 0 Å². The Balaban J connectivity index is 1.98. The molecule has 1 heterocycles. The average Bonchev–Trinajstić information content (AvgIpc) is 3.00. The fourth-order valence-electron chi connectivity index (χ4n) is 2.35. The van der Waals surface area contributed by atoms with Crippen LogP contribution in [0.5, 0.6) is 0 Å². The lowest BCUT2D eigenvalue weighted by molar-refractivity contribution is -0.105. The van der Waals surface area contributed by atoms with Crippen LogP contribution in [0.25, 0.3) is 21.8 Å². The number of anilines is 1. The summed E-state index contributed by atoms with van der Waals surface area (Å²) in [5.74, 6) is 0. The highest BCUT2D eigenvalue weighted by Crippen LogP contribution is 2.31. The minimum absolute atomic E-state index is 0.683. The van der Waals surface area contributed by atoms with E-state index in [0.29, 0.717) is 6.41 Å². The fourth-order valence-corrected chi connectivity index (χ4v) is 3.17. The number of hydrogen-bond donors (Lipinski definition) is 1. The number of carbonyl (C=O) groups is 1. The largest absolute Gasteiger partial charge is 0.329 e. The molecule has 1 aromatic heterocycles. The van der Waals surface area contributed by atoms with Crippen LogP contribution in [0.15, 0.2) is 47.8 Å². The minimum atomic E-state index is 0.683. The molecule has 1 amide bonds. The summed E-state index contributed by atoms with van der Waals surface area (Å²) in [7, 11) is 0. The Kier molecular flexibility index (Phi) is 4.02. The molecule has 0 aliphatic rings. The maximum Gasteiger partial charge on any atom is 0.211 e. The number of amides is 1. The Hall–Kier alpha value is -2.46. The normalized spacial score (nSPS) is 10.5. The second-order valence-electron chi connectivity index (χ2n) is 5.20. The molecule has 0 spiro atoms. The van der Waals surface area contributed by atoms with E-state index in [1.165, 1.54) is 16.7 Å². The van der Waals surface area contributed by atoms with Crippen LogP contribution in [0.2, 0.25) is 0 Å². The molecule has 0 aliphatic heterocycles. The molecule has 0 atom stereocenters. The molecule has 3 rings (SSSR count). The predicted molar refractivity (Wildman–Crippen MR) is 92.1 cm³/mol. The van der Waals surface area contributed by atoms with Gasteiger partial charge in [-0.3, -0.25) is 4.79 Å². The van der Waals surface area contributed by atoms with Gasteiger partial charge in [-0.25, -0.2) is 4.98 Å². The van der Waals surface area contributed by atoms with Gasteiger partial charge in [0.1, 0.15) is 5.01 Å². The van der Waals surface area contributed by atoms with Gasteiger partial charge in [-0.05, 0) is 37.6 Å². The molecular formula is C18H16N2OS. The first kappa shape index (κ1) is 14.5. The van der Waals surface area contributed by atoms with Gasteiger partial charge in [0.2, 0.25) is 6.41 Å². The predicted octanol–water partition coefficient (Wildman–Crippen LogP) is 4.66. The Morgan fingerprint density at radius 1 is 1.14 bits per heavy atom. The molecule has 3 aromatic rings. The Labute approximate surface area is 133 Å². The Morgan fingerprint density at radius 2 is 2.00 bits per heavy atom. The number of nitrogens with one attached hydrogen (secondary N) is 1. The van der Waals surface area contributed by atoms with Gasteiger partial charge < -0.3 is 5.32 Å². The van der Waals surface area contributed by atoms with Gasteiger partial charge in [-0.2, -0.15) is 0 Å². The lowest BCUT2D eigenvalue weighted by atomic mass is 10.0. The van der Waals surface area contributed by atoms with Crippen LogP contribution < -0.4 is 5.32 Å². The van der Waals surface area contributed by atoms with Crippen LogP contribution in [0.4, 0.5) is 5.69 Å². The van der Waals surface area contributed by atoms with Crippen molar-refractivity contribution < 1.29 is 4.79 Å². The minimum Gasteiger partial charge on any atom is -0.329 e. The number of aryl methyl sites for hydroxylation is 2. The van der Waals surface area contributed by atoms with E-state index in [4.69, 9.17) is 4.98 Å². The molecule has 2 aromatic carbocycles. The van der Waals surface area contributed by atoms with Crippen molar-refractivity contribution in [3.8, 4) is 21.8 Å². The first-order valence-electron chi connectivity index (χ1n) is 7.01. The second kappa shape index (κ2) is 6.12. The van der Waals surface area contributed by atoms with E-state index >= 15 is 0 Å². The van der Waals surface area contributed by atoms with Crippen molar-refractivity contribution in [2.24, 2.45) is 0 Å². The molecule has 0 saturated heterocycles. The number of benzene rings is 2. The van der Waals surface area contributed by atoms with E-state index in [-0.39, 0.29) is 0 Å². The number of hydrogen-bond acceptors (Lipinski definition) is 3. The van der Waals surface area contributed by atoms with E-state index in [1.807, 2.05) is 24.3 Å². The number of aromatic nitrogens is 1. The van der Waals surface area contributed by atoms with Crippen molar-refractivity contribution in [3.63, 3.8) is 0 Å². The van der Waals surface area contributed by atoms with Crippen LogP contribution >= 0.6 is 11.3 Å². The summed E-state index contributed by atoms with van der Waals surface area (Å²) >= 11 is 1.61. The molecule has 22 heavy (non-hydrogen) atoms. The van der Waals surface area contributed by atoms with Crippen molar-refractivity contribution in [3.05, 3.63) is 59.0 Å². The van der Waals surface area contributed by atoms with Gasteiger partial charge in [0.25, 0.3) is 0 Å². The highest BCUT2D eigenvalue weighted by Gasteiger charge is 2.09. The van der Waals surface area contributed by atoms with E-state index in [0.717, 1.165) is 22.0 Å². The molecule has 0 radical (unpaired) electrons. The van der Waals surface area contributed by atoms with Crippen LogP contribution in [0, 0.1) is 13.8 Å². The fraction of sp³-hybridized carbons (Fsp3) is 0.111. The highest BCUT2D eigenvalue weighted by molar-refractivity contribution is 7.13. The molecule has 0 fully saturated rings. The molecule has 1 N–H and O–H groups in total. The SMILES string of the molecule is Cc1ccc(C)c(-c2csc(-c3cccc(NC=O)c3)n2)c1. The van der Waals surface area contributed by atoms with Gasteiger partial charge in [-0.15, -0.1) is 11.3 Å². The summed E-state index contributed by atoms with van der Waals surface area (Å²) < 4.78 is 0. The monoisotopic (exact) mass is 308 g/mol. The van der Waals surface area contributed by atoms with Gasteiger partial charge in [0.05, 0.1) is 5.69 Å². The van der Waals surface area contributed by atoms with Crippen LogP contribution in [0.3, 0.4) is 0 Å². The quantitative estimate of drug-likeness (QED) is 0.712. The standard InChI is InChI=1S/C18H16N2OS/c1-12-6-7-13(2)16(8-12)17-10-22-18(20-17)14-4-3-5-15(9-14)19-11-21/h3-11H,1-2H3,(H,19,21). The van der Waals surface area contributed by atoms with Crippen molar-refractivity contribution in [1.29, 1.82) is 0 Å².